The maximum Gasteiger partial charge on any atom is 0.311 e. The second-order valence-electron chi connectivity index (χ2n) is 11.4. The van der Waals surface area contributed by atoms with Crippen molar-refractivity contribution < 1.29 is 23.4 Å². The van der Waals surface area contributed by atoms with Crippen molar-refractivity contribution in [3.63, 3.8) is 0 Å². The number of carbonyl (C=O) groups is 1. The number of carboxylic acid groups (broad SMARTS) is 1. The Kier molecular flexibility index (Phi) is 7.72. The van der Waals surface area contributed by atoms with Gasteiger partial charge in [-0.2, -0.15) is 0 Å². The summed E-state index contributed by atoms with van der Waals surface area (Å²) in [6.07, 6.45) is 3.30. The Bertz CT molecular complexity index is 1250. The Morgan fingerprint density at radius 1 is 1.00 bits per heavy atom. The number of hydrogen-bond acceptors (Lipinski definition) is 2. The summed E-state index contributed by atoms with van der Waals surface area (Å²) >= 11 is 0. The minimum atomic E-state index is -3.19. The number of aliphatic carboxylic acids is 1. The van der Waals surface area contributed by atoms with Crippen LogP contribution in [0, 0.1) is 5.41 Å². The van der Waals surface area contributed by atoms with Gasteiger partial charge in [-0.1, -0.05) is 69.3 Å². The van der Waals surface area contributed by atoms with Crippen LogP contribution in [-0.2, 0) is 30.0 Å². The van der Waals surface area contributed by atoms with Crippen LogP contribution in [0.15, 0.2) is 60.7 Å². The lowest BCUT2D eigenvalue weighted by Gasteiger charge is -2.30. The molecule has 5 heteroatoms. The molecule has 196 valence electrons. The van der Waals surface area contributed by atoms with E-state index in [9.17, 15) is 9.90 Å². The van der Waals surface area contributed by atoms with Gasteiger partial charge in [0, 0.05) is 12.5 Å². The van der Waals surface area contributed by atoms with Gasteiger partial charge in [-0.25, -0.2) is 8.78 Å². The monoisotopic (exact) mass is 506 g/mol. The third kappa shape index (κ3) is 6.38. The third-order valence-electron chi connectivity index (χ3n) is 6.99. The first-order chi connectivity index (χ1) is 17.4. The van der Waals surface area contributed by atoms with Gasteiger partial charge in [0.1, 0.15) is 5.75 Å². The number of aryl methyl sites for hydroxylation is 3. The first-order valence-corrected chi connectivity index (χ1v) is 13.0. The first kappa shape index (κ1) is 26.8. The predicted octanol–water partition coefficient (Wildman–Crippen LogP) is 8.18. The van der Waals surface area contributed by atoms with Crippen LogP contribution in [0.4, 0.5) is 8.78 Å². The Hall–Kier alpha value is -3.21. The summed E-state index contributed by atoms with van der Waals surface area (Å²) < 4.78 is 36.0. The molecule has 0 saturated carbocycles. The number of fused-ring (bicyclic) bond motifs is 1. The topological polar surface area (TPSA) is 46.5 Å². The van der Waals surface area contributed by atoms with E-state index in [-0.39, 0.29) is 23.0 Å². The lowest BCUT2D eigenvalue weighted by atomic mass is 9.75. The van der Waals surface area contributed by atoms with Gasteiger partial charge in [0.25, 0.3) is 5.92 Å². The average molecular weight is 507 g/mol. The summed E-state index contributed by atoms with van der Waals surface area (Å²) in [4.78, 5) is 12.7. The summed E-state index contributed by atoms with van der Waals surface area (Å²) in [6.45, 7) is 7.35. The van der Waals surface area contributed by atoms with Crippen molar-refractivity contribution in [3.05, 3.63) is 88.5 Å². The van der Waals surface area contributed by atoms with Crippen LogP contribution >= 0.6 is 0 Å². The number of carboxylic acids is 1. The van der Waals surface area contributed by atoms with Crippen molar-refractivity contribution in [2.24, 2.45) is 5.41 Å². The van der Waals surface area contributed by atoms with Crippen molar-refractivity contribution in [2.45, 2.75) is 71.6 Å². The van der Waals surface area contributed by atoms with Crippen molar-refractivity contribution in [2.75, 3.05) is 6.61 Å². The first-order valence-electron chi connectivity index (χ1n) is 13.0. The quantitative estimate of drug-likeness (QED) is 0.335. The zero-order valence-electron chi connectivity index (χ0n) is 22.1. The average Bonchev–Trinajstić information content (AvgIpc) is 2.84. The van der Waals surface area contributed by atoms with E-state index in [0.717, 1.165) is 54.2 Å². The van der Waals surface area contributed by atoms with Gasteiger partial charge in [0.05, 0.1) is 12.5 Å². The number of ether oxygens (including phenoxy) is 1. The lowest BCUT2D eigenvalue weighted by molar-refractivity contribution is -0.139. The fraction of sp³-hybridized carbons (Fsp3) is 0.406. The summed E-state index contributed by atoms with van der Waals surface area (Å²) in [5.74, 6) is -4.53. The van der Waals surface area contributed by atoms with E-state index in [1.54, 1.807) is 6.07 Å². The van der Waals surface area contributed by atoms with Crippen LogP contribution < -0.4 is 4.74 Å². The molecule has 0 amide bonds. The van der Waals surface area contributed by atoms with Gasteiger partial charge in [0.15, 0.2) is 0 Å². The van der Waals surface area contributed by atoms with E-state index in [4.69, 9.17) is 4.74 Å². The van der Waals surface area contributed by atoms with Gasteiger partial charge in [-0.15, -0.1) is 0 Å². The summed E-state index contributed by atoms with van der Waals surface area (Å²) in [6, 6.07) is 19.0. The van der Waals surface area contributed by atoms with E-state index in [2.05, 4.69) is 0 Å². The second kappa shape index (κ2) is 10.6. The highest BCUT2D eigenvalue weighted by molar-refractivity contribution is 5.84. The number of rotatable bonds is 8. The third-order valence-corrected chi connectivity index (χ3v) is 6.99. The predicted molar refractivity (Wildman–Crippen MR) is 144 cm³/mol. The Labute approximate surface area is 218 Å². The largest absolute Gasteiger partial charge is 0.493 e. The standard InChI is InChI=1S/C32H36F2O3/c1-31(2,3)20-25(30(35)36)29-26(32(4,33)34)16-14-22(13-12-21-9-6-5-7-10-21)28(29)24-15-17-27-23(19-24)11-8-18-37-27/h5-7,9-10,14-17,19,25H,8,11-13,18,20H2,1-4H3,(H,35,36). The van der Waals surface area contributed by atoms with Gasteiger partial charge >= 0.3 is 5.97 Å². The van der Waals surface area contributed by atoms with E-state index in [1.807, 2.05) is 69.3 Å². The maximum atomic E-state index is 15.1. The number of alkyl halides is 2. The van der Waals surface area contributed by atoms with Crippen molar-refractivity contribution in [1.29, 1.82) is 0 Å². The normalized spacial score (nSPS) is 14.5. The highest BCUT2D eigenvalue weighted by atomic mass is 19.3. The SMILES string of the molecule is CC(C)(C)CC(C(=O)O)c1c(C(C)(F)F)ccc(CCc2ccccc2)c1-c1ccc2c(c1)CCCO2. The molecule has 0 bridgehead atoms. The fourth-order valence-corrected chi connectivity index (χ4v) is 5.32. The van der Waals surface area contributed by atoms with Crippen LogP contribution in [0.1, 0.15) is 74.3 Å². The second-order valence-corrected chi connectivity index (χ2v) is 11.4. The molecule has 1 unspecified atom stereocenters. The van der Waals surface area contributed by atoms with Crippen LogP contribution in [0.25, 0.3) is 11.1 Å². The van der Waals surface area contributed by atoms with Crippen LogP contribution in [0.5, 0.6) is 5.75 Å². The molecule has 1 aliphatic heterocycles. The molecule has 1 heterocycles. The highest BCUT2D eigenvalue weighted by Crippen LogP contribution is 2.46. The van der Waals surface area contributed by atoms with Crippen LogP contribution in [0.2, 0.25) is 0 Å². The van der Waals surface area contributed by atoms with E-state index >= 15 is 8.78 Å². The molecule has 0 spiro atoms. The van der Waals surface area contributed by atoms with Gasteiger partial charge in [-0.3, -0.25) is 4.79 Å². The van der Waals surface area contributed by atoms with Crippen molar-refractivity contribution in [3.8, 4) is 16.9 Å². The molecule has 4 rings (SSSR count). The van der Waals surface area contributed by atoms with Crippen molar-refractivity contribution in [1.82, 2.24) is 0 Å². The molecule has 0 aliphatic carbocycles. The van der Waals surface area contributed by atoms with Crippen LogP contribution in [-0.4, -0.2) is 17.7 Å². The summed E-state index contributed by atoms with van der Waals surface area (Å²) in [5, 5.41) is 10.4. The van der Waals surface area contributed by atoms with Gasteiger partial charge < -0.3 is 9.84 Å². The molecule has 1 N–H and O–H groups in total. The van der Waals surface area contributed by atoms with Gasteiger partial charge in [0.2, 0.25) is 0 Å². The lowest BCUT2D eigenvalue weighted by Crippen LogP contribution is -2.24. The Morgan fingerprint density at radius 2 is 1.73 bits per heavy atom. The smallest absolute Gasteiger partial charge is 0.311 e. The molecule has 37 heavy (non-hydrogen) atoms. The molecule has 0 radical (unpaired) electrons. The van der Waals surface area contributed by atoms with Gasteiger partial charge in [-0.05, 0) is 83.0 Å². The molecule has 3 aromatic rings. The number of halogens is 2. The van der Waals surface area contributed by atoms with E-state index in [1.165, 1.54) is 6.07 Å². The molecular formula is C32H36F2O3. The maximum absolute atomic E-state index is 15.1. The molecule has 0 aromatic heterocycles. The number of benzene rings is 3. The zero-order chi connectivity index (χ0) is 26.8. The zero-order valence-corrected chi connectivity index (χ0v) is 22.1. The molecule has 3 aromatic carbocycles. The summed E-state index contributed by atoms with van der Waals surface area (Å²) in [7, 11) is 0. The van der Waals surface area contributed by atoms with Crippen LogP contribution in [0.3, 0.4) is 0 Å². The molecular weight excluding hydrogens is 470 g/mol. The minimum absolute atomic E-state index is 0.211. The Balaban J connectivity index is 1.97. The van der Waals surface area contributed by atoms with Crippen molar-refractivity contribution >= 4 is 5.97 Å². The molecule has 1 atom stereocenters. The fourth-order valence-electron chi connectivity index (χ4n) is 5.32. The minimum Gasteiger partial charge on any atom is -0.493 e. The van der Waals surface area contributed by atoms with E-state index in [0.29, 0.717) is 18.6 Å². The molecule has 0 fully saturated rings. The van der Waals surface area contributed by atoms with E-state index < -0.39 is 17.8 Å². The highest BCUT2D eigenvalue weighted by Gasteiger charge is 2.37. The summed E-state index contributed by atoms with van der Waals surface area (Å²) in [5.41, 5.74) is 4.10. The Morgan fingerprint density at radius 3 is 2.38 bits per heavy atom. The molecule has 1 aliphatic rings. The molecule has 0 saturated heterocycles. The molecule has 3 nitrogen and oxygen atoms in total. The number of hydrogen-bond donors (Lipinski definition) is 1.